The van der Waals surface area contributed by atoms with E-state index in [2.05, 4.69) is 59.0 Å². The van der Waals surface area contributed by atoms with Gasteiger partial charge in [0.05, 0.1) is 11.3 Å². The Morgan fingerprint density at radius 1 is 1.22 bits per heavy atom. The van der Waals surface area contributed by atoms with Crippen LogP contribution in [-0.4, -0.2) is 9.55 Å². The molecule has 23 heavy (non-hydrogen) atoms. The molecule has 0 aliphatic carbocycles. The molecule has 3 aromatic rings. The lowest BCUT2D eigenvalue weighted by molar-refractivity contribution is 0.864. The van der Waals surface area contributed by atoms with Crippen molar-refractivity contribution in [2.75, 3.05) is 0 Å². The van der Waals surface area contributed by atoms with Crippen molar-refractivity contribution < 1.29 is 0 Å². The van der Waals surface area contributed by atoms with Crippen LogP contribution in [0.5, 0.6) is 0 Å². The van der Waals surface area contributed by atoms with Crippen molar-refractivity contribution >= 4 is 27.0 Å². The first-order valence-electron chi connectivity index (χ1n) is 7.61. The number of benzene rings is 1. The quantitative estimate of drug-likeness (QED) is 0.608. The third-order valence-electron chi connectivity index (χ3n) is 4.10. The first-order chi connectivity index (χ1) is 10.9. The molecule has 1 aromatic carbocycles. The van der Waals surface area contributed by atoms with Crippen LogP contribution < -0.4 is 0 Å². The van der Waals surface area contributed by atoms with E-state index in [0.717, 1.165) is 32.5 Å². The van der Waals surface area contributed by atoms with Crippen LogP contribution in [0.15, 0.2) is 34.9 Å². The Morgan fingerprint density at radius 2 is 1.96 bits per heavy atom. The molecule has 0 aliphatic heterocycles. The maximum atomic E-state index is 9.47. The highest BCUT2D eigenvalue weighted by atomic mass is 79.9. The summed E-state index contributed by atoms with van der Waals surface area (Å²) in [6.07, 6.45) is 1.87. The number of nitrogens with zero attached hydrogens (tertiary/aromatic N) is 3. The summed E-state index contributed by atoms with van der Waals surface area (Å²) < 4.78 is 3.01. The van der Waals surface area contributed by atoms with Gasteiger partial charge in [-0.1, -0.05) is 19.9 Å². The van der Waals surface area contributed by atoms with Gasteiger partial charge in [-0.25, -0.2) is 4.98 Å². The molecule has 0 atom stereocenters. The normalized spacial score (nSPS) is 11.2. The van der Waals surface area contributed by atoms with Gasteiger partial charge in [0.25, 0.3) is 0 Å². The minimum absolute atomic E-state index is 0.471. The highest BCUT2D eigenvalue weighted by Crippen LogP contribution is 2.31. The Kier molecular flexibility index (Phi) is 3.99. The Bertz CT molecular complexity index is 945. The van der Waals surface area contributed by atoms with E-state index in [1.165, 1.54) is 5.56 Å². The van der Waals surface area contributed by atoms with Gasteiger partial charge in [-0.15, -0.1) is 0 Å². The van der Waals surface area contributed by atoms with Gasteiger partial charge in [-0.05, 0) is 65.0 Å². The van der Waals surface area contributed by atoms with E-state index in [1.807, 2.05) is 30.7 Å². The number of aromatic nitrogens is 2. The number of nitriles is 1. The van der Waals surface area contributed by atoms with Crippen molar-refractivity contribution in [3.05, 3.63) is 57.3 Å². The monoisotopic (exact) mass is 367 g/mol. The summed E-state index contributed by atoms with van der Waals surface area (Å²) in [4.78, 5) is 4.67. The molecule has 3 rings (SSSR count). The molecule has 2 heterocycles. The van der Waals surface area contributed by atoms with Crippen molar-refractivity contribution in [3.8, 4) is 11.8 Å². The second-order valence-electron chi connectivity index (χ2n) is 6.17. The van der Waals surface area contributed by atoms with E-state index in [9.17, 15) is 5.26 Å². The van der Waals surface area contributed by atoms with E-state index in [0.29, 0.717) is 11.5 Å². The van der Waals surface area contributed by atoms with Crippen molar-refractivity contribution in [3.63, 3.8) is 0 Å². The molecule has 0 amide bonds. The fourth-order valence-corrected chi connectivity index (χ4v) is 3.51. The zero-order valence-electron chi connectivity index (χ0n) is 13.7. The standard InChI is InChI=1S/C19H18BrN3/c1-11(2)14-5-6-17(16(20)8-14)23-10-15(9-21)18-12(3)7-13(4)22-19(18)23/h5-8,10-11H,1-4H3. The van der Waals surface area contributed by atoms with Gasteiger partial charge in [0.2, 0.25) is 0 Å². The van der Waals surface area contributed by atoms with Crippen LogP contribution in [0.2, 0.25) is 0 Å². The third kappa shape index (κ3) is 2.66. The minimum Gasteiger partial charge on any atom is -0.299 e. The SMILES string of the molecule is Cc1cc(C)c2c(C#N)cn(-c3ccc(C(C)C)cc3Br)c2n1. The fraction of sp³-hybridized carbons (Fsp3) is 0.263. The van der Waals surface area contributed by atoms with Gasteiger partial charge in [0, 0.05) is 21.7 Å². The van der Waals surface area contributed by atoms with E-state index < -0.39 is 0 Å². The molecular weight excluding hydrogens is 350 g/mol. The number of halogens is 1. The molecule has 0 saturated carbocycles. The molecule has 0 aliphatic rings. The minimum atomic E-state index is 0.471. The van der Waals surface area contributed by atoms with Gasteiger partial charge in [0.1, 0.15) is 11.7 Å². The third-order valence-corrected chi connectivity index (χ3v) is 4.73. The van der Waals surface area contributed by atoms with Crippen molar-refractivity contribution in [1.29, 1.82) is 5.26 Å². The molecule has 0 N–H and O–H groups in total. The van der Waals surface area contributed by atoms with Crippen LogP contribution >= 0.6 is 15.9 Å². The maximum absolute atomic E-state index is 9.47. The Morgan fingerprint density at radius 3 is 2.57 bits per heavy atom. The summed E-state index contributed by atoms with van der Waals surface area (Å²) in [5, 5.41) is 10.4. The van der Waals surface area contributed by atoms with E-state index in [-0.39, 0.29) is 0 Å². The molecule has 0 radical (unpaired) electrons. The van der Waals surface area contributed by atoms with Gasteiger partial charge in [-0.3, -0.25) is 4.57 Å². The van der Waals surface area contributed by atoms with Crippen LogP contribution in [0.3, 0.4) is 0 Å². The van der Waals surface area contributed by atoms with Crippen LogP contribution in [-0.2, 0) is 0 Å². The molecular formula is C19H18BrN3. The maximum Gasteiger partial charge on any atom is 0.146 e. The second-order valence-corrected chi connectivity index (χ2v) is 7.02. The van der Waals surface area contributed by atoms with Crippen LogP contribution in [0.25, 0.3) is 16.7 Å². The van der Waals surface area contributed by atoms with Gasteiger partial charge < -0.3 is 0 Å². The number of pyridine rings is 1. The lowest BCUT2D eigenvalue weighted by atomic mass is 10.0. The number of rotatable bonds is 2. The average Bonchev–Trinajstić information content (AvgIpc) is 2.85. The lowest BCUT2D eigenvalue weighted by Gasteiger charge is -2.12. The number of fused-ring (bicyclic) bond motifs is 1. The molecule has 0 saturated heterocycles. The molecule has 0 bridgehead atoms. The Labute approximate surface area is 144 Å². The first-order valence-corrected chi connectivity index (χ1v) is 8.41. The Balaban J connectivity index is 2.31. The average molecular weight is 368 g/mol. The van der Waals surface area contributed by atoms with Gasteiger partial charge in [-0.2, -0.15) is 5.26 Å². The molecule has 0 unspecified atom stereocenters. The fourth-order valence-electron chi connectivity index (χ4n) is 2.93. The summed E-state index contributed by atoms with van der Waals surface area (Å²) in [6.45, 7) is 8.36. The van der Waals surface area contributed by atoms with Crippen LogP contribution in [0.1, 0.15) is 42.1 Å². The van der Waals surface area contributed by atoms with E-state index >= 15 is 0 Å². The molecule has 0 fully saturated rings. The zero-order valence-corrected chi connectivity index (χ0v) is 15.3. The van der Waals surface area contributed by atoms with Crippen LogP contribution in [0.4, 0.5) is 0 Å². The smallest absolute Gasteiger partial charge is 0.146 e. The first kappa shape index (κ1) is 15.8. The predicted octanol–water partition coefficient (Wildman–Crippen LogP) is 5.40. The van der Waals surface area contributed by atoms with E-state index in [1.54, 1.807) is 0 Å². The van der Waals surface area contributed by atoms with Crippen molar-refractivity contribution in [2.24, 2.45) is 0 Å². The summed E-state index contributed by atoms with van der Waals surface area (Å²) >= 11 is 3.67. The van der Waals surface area contributed by atoms with Crippen LogP contribution in [0, 0.1) is 25.2 Å². The van der Waals surface area contributed by atoms with Gasteiger partial charge >= 0.3 is 0 Å². The van der Waals surface area contributed by atoms with Crippen molar-refractivity contribution in [2.45, 2.75) is 33.6 Å². The summed E-state index contributed by atoms with van der Waals surface area (Å²) in [5.74, 6) is 0.471. The van der Waals surface area contributed by atoms with Crippen molar-refractivity contribution in [1.82, 2.24) is 9.55 Å². The molecule has 4 heteroatoms. The summed E-state index contributed by atoms with van der Waals surface area (Å²) in [6, 6.07) is 10.7. The predicted molar refractivity (Wildman–Crippen MR) is 97.0 cm³/mol. The lowest BCUT2D eigenvalue weighted by Crippen LogP contribution is -1.98. The molecule has 116 valence electrons. The zero-order chi connectivity index (χ0) is 16.7. The highest BCUT2D eigenvalue weighted by molar-refractivity contribution is 9.10. The second kappa shape index (κ2) is 5.82. The highest BCUT2D eigenvalue weighted by Gasteiger charge is 2.16. The number of hydrogen-bond acceptors (Lipinski definition) is 2. The molecule has 3 nitrogen and oxygen atoms in total. The van der Waals surface area contributed by atoms with E-state index in [4.69, 9.17) is 0 Å². The molecule has 0 spiro atoms. The summed E-state index contributed by atoms with van der Waals surface area (Å²) in [7, 11) is 0. The summed E-state index contributed by atoms with van der Waals surface area (Å²) in [5.41, 5.74) is 5.80. The number of hydrogen-bond donors (Lipinski definition) is 0. The topological polar surface area (TPSA) is 41.6 Å². The largest absolute Gasteiger partial charge is 0.299 e. The Hall–Kier alpha value is -2.12. The van der Waals surface area contributed by atoms with Gasteiger partial charge in [0.15, 0.2) is 0 Å². The number of aryl methyl sites for hydroxylation is 2. The molecule has 2 aromatic heterocycles.